The van der Waals surface area contributed by atoms with Gasteiger partial charge >= 0.3 is 5.97 Å². The molecule has 92 valence electrons. The van der Waals surface area contributed by atoms with E-state index >= 15 is 0 Å². The molecule has 4 nitrogen and oxygen atoms in total. The zero-order valence-electron chi connectivity index (χ0n) is 9.90. The first-order chi connectivity index (χ1) is 8.49. The van der Waals surface area contributed by atoms with Crippen molar-refractivity contribution in [2.75, 3.05) is 0 Å². The minimum Gasteiger partial charge on any atom is -0.505 e. The van der Waals surface area contributed by atoms with E-state index in [1.165, 1.54) is 0 Å². The van der Waals surface area contributed by atoms with E-state index < -0.39 is 5.97 Å². The first-order valence-corrected chi connectivity index (χ1v) is 5.40. The van der Waals surface area contributed by atoms with Crippen molar-refractivity contribution >= 4 is 11.7 Å². The highest BCUT2D eigenvalue weighted by Gasteiger charge is 2.22. The van der Waals surface area contributed by atoms with Crippen molar-refractivity contribution in [3.8, 4) is 0 Å². The molecule has 18 heavy (non-hydrogen) atoms. The molecule has 4 heteroatoms. The van der Waals surface area contributed by atoms with Gasteiger partial charge in [-0.2, -0.15) is 0 Å². The van der Waals surface area contributed by atoms with Crippen molar-refractivity contribution in [3.05, 3.63) is 65.1 Å². The Morgan fingerprint density at radius 1 is 1.28 bits per heavy atom. The van der Waals surface area contributed by atoms with E-state index in [1.54, 1.807) is 6.08 Å². The fourth-order valence-corrected chi connectivity index (χ4v) is 1.68. The average Bonchev–Trinajstić information content (AvgIpc) is 2.33. The number of hydrogen-bond donors (Lipinski definition) is 3. The first-order valence-electron chi connectivity index (χ1n) is 5.40. The van der Waals surface area contributed by atoms with Gasteiger partial charge in [-0.25, -0.2) is 4.79 Å². The zero-order valence-corrected chi connectivity index (χ0v) is 9.90. The summed E-state index contributed by atoms with van der Waals surface area (Å²) in [6.45, 7) is 5.61. The Morgan fingerprint density at radius 3 is 2.44 bits per heavy atom. The molecule has 0 atom stereocenters. The maximum atomic E-state index is 11.0. The molecule has 0 amide bonds. The van der Waals surface area contributed by atoms with Gasteiger partial charge in [-0.05, 0) is 18.6 Å². The highest BCUT2D eigenvalue weighted by atomic mass is 16.4. The Morgan fingerprint density at radius 2 is 1.89 bits per heavy atom. The molecule has 0 fully saturated rings. The van der Waals surface area contributed by atoms with E-state index in [-0.39, 0.29) is 17.0 Å². The number of benzene rings is 1. The van der Waals surface area contributed by atoms with Crippen molar-refractivity contribution in [2.45, 2.75) is 6.92 Å². The standard InChI is InChI=1S/C14H13NO3/c1-8-3-5-10(6-4-8)11-7-9(2)13(16)12(15-11)14(17)18/h3-7,15-16H,2H2,1H3,(H,17,18). The smallest absolute Gasteiger partial charge is 0.356 e. The predicted molar refractivity (Wildman–Crippen MR) is 68.7 cm³/mol. The molecule has 0 aliphatic carbocycles. The number of carboxylic acids is 1. The highest BCUT2D eigenvalue weighted by Crippen LogP contribution is 2.24. The van der Waals surface area contributed by atoms with Crippen LogP contribution in [0.2, 0.25) is 0 Å². The number of carboxylic acid groups (broad SMARTS) is 1. The quantitative estimate of drug-likeness (QED) is 0.745. The summed E-state index contributed by atoms with van der Waals surface area (Å²) in [6, 6.07) is 7.62. The highest BCUT2D eigenvalue weighted by molar-refractivity contribution is 5.92. The molecule has 1 aliphatic heterocycles. The van der Waals surface area contributed by atoms with Crippen LogP contribution in [-0.4, -0.2) is 16.2 Å². The van der Waals surface area contributed by atoms with Crippen LogP contribution in [0.15, 0.2) is 53.9 Å². The molecule has 1 aliphatic rings. The van der Waals surface area contributed by atoms with Gasteiger partial charge in [0.2, 0.25) is 0 Å². The first kappa shape index (κ1) is 12.0. The minimum atomic E-state index is -1.22. The van der Waals surface area contributed by atoms with Crippen LogP contribution in [0.5, 0.6) is 0 Å². The van der Waals surface area contributed by atoms with Gasteiger partial charge in [0, 0.05) is 11.3 Å². The second-order valence-corrected chi connectivity index (χ2v) is 4.10. The average molecular weight is 243 g/mol. The van der Waals surface area contributed by atoms with Gasteiger partial charge in [0.05, 0.1) is 0 Å². The molecule has 0 bridgehead atoms. The van der Waals surface area contributed by atoms with Crippen LogP contribution in [0.1, 0.15) is 11.1 Å². The zero-order chi connectivity index (χ0) is 13.3. The molecule has 1 heterocycles. The largest absolute Gasteiger partial charge is 0.505 e. The van der Waals surface area contributed by atoms with E-state index in [0.29, 0.717) is 5.70 Å². The van der Waals surface area contributed by atoms with Gasteiger partial charge in [-0.3, -0.25) is 0 Å². The number of hydrogen-bond acceptors (Lipinski definition) is 3. The van der Waals surface area contributed by atoms with Gasteiger partial charge in [0.1, 0.15) is 0 Å². The normalized spacial score (nSPS) is 15.2. The lowest BCUT2D eigenvalue weighted by Crippen LogP contribution is -2.24. The van der Waals surface area contributed by atoms with E-state index in [9.17, 15) is 9.90 Å². The summed E-state index contributed by atoms with van der Waals surface area (Å²) in [5.41, 5.74) is 2.59. The van der Waals surface area contributed by atoms with Crippen molar-refractivity contribution in [1.82, 2.24) is 5.32 Å². The third-order valence-electron chi connectivity index (χ3n) is 2.70. The van der Waals surface area contributed by atoms with Gasteiger partial charge in [-0.1, -0.05) is 36.4 Å². The summed E-state index contributed by atoms with van der Waals surface area (Å²) in [7, 11) is 0. The van der Waals surface area contributed by atoms with Crippen LogP contribution in [0.4, 0.5) is 0 Å². The van der Waals surface area contributed by atoms with E-state index in [0.717, 1.165) is 11.1 Å². The number of allylic oxidation sites excluding steroid dienone is 1. The van der Waals surface area contributed by atoms with Crippen LogP contribution in [0.3, 0.4) is 0 Å². The molecule has 0 saturated heterocycles. The van der Waals surface area contributed by atoms with Crippen LogP contribution in [0.25, 0.3) is 5.70 Å². The number of carbonyl (C=O) groups is 1. The van der Waals surface area contributed by atoms with Crippen molar-refractivity contribution < 1.29 is 15.0 Å². The SMILES string of the molecule is C=C1C=C(c2ccc(C)cc2)NC(C(=O)O)=C1O. The third-order valence-corrected chi connectivity index (χ3v) is 2.70. The Kier molecular flexibility index (Phi) is 2.93. The van der Waals surface area contributed by atoms with Crippen LogP contribution < -0.4 is 5.32 Å². The van der Waals surface area contributed by atoms with Gasteiger partial charge in [0.25, 0.3) is 0 Å². The summed E-state index contributed by atoms with van der Waals surface area (Å²) >= 11 is 0. The Hall–Kier alpha value is -2.49. The van der Waals surface area contributed by atoms with Crippen LogP contribution in [0, 0.1) is 6.92 Å². The molecule has 3 N–H and O–H groups in total. The summed E-state index contributed by atoms with van der Waals surface area (Å²) in [5.74, 6) is -1.55. The molecule has 2 rings (SSSR count). The number of dihydropyridines is 1. The molecule has 0 radical (unpaired) electrons. The number of aliphatic hydroxyl groups excluding tert-OH is 1. The van der Waals surface area contributed by atoms with Gasteiger partial charge in [0.15, 0.2) is 11.5 Å². The Labute approximate surface area is 105 Å². The lowest BCUT2D eigenvalue weighted by atomic mass is 10.0. The number of aliphatic hydroxyl groups is 1. The second-order valence-electron chi connectivity index (χ2n) is 4.10. The lowest BCUT2D eigenvalue weighted by Gasteiger charge is -2.19. The van der Waals surface area contributed by atoms with Gasteiger partial charge < -0.3 is 15.5 Å². The predicted octanol–water partition coefficient (Wildman–Crippen LogP) is 2.35. The van der Waals surface area contributed by atoms with E-state index in [4.69, 9.17) is 5.11 Å². The molecular formula is C14H13NO3. The maximum absolute atomic E-state index is 11.0. The topological polar surface area (TPSA) is 69.6 Å². The van der Waals surface area contributed by atoms with Crippen molar-refractivity contribution in [2.24, 2.45) is 0 Å². The van der Waals surface area contributed by atoms with E-state index in [1.807, 2.05) is 31.2 Å². The van der Waals surface area contributed by atoms with Gasteiger partial charge in [-0.15, -0.1) is 0 Å². The van der Waals surface area contributed by atoms with Crippen LogP contribution >= 0.6 is 0 Å². The molecule has 0 aromatic heterocycles. The Balaban J connectivity index is 2.38. The second kappa shape index (κ2) is 4.41. The van der Waals surface area contributed by atoms with Crippen molar-refractivity contribution in [3.63, 3.8) is 0 Å². The molecule has 0 unspecified atom stereocenters. The Bertz CT molecular complexity index is 580. The van der Waals surface area contributed by atoms with E-state index in [2.05, 4.69) is 11.9 Å². The summed E-state index contributed by atoms with van der Waals surface area (Å²) in [4.78, 5) is 11.0. The number of rotatable bonds is 2. The monoisotopic (exact) mass is 243 g/mol. The molecular weight excluding hydrogens is 230 g/mol. The molecule has 1 aromatic rings. The minimum absolute atomic E-state index is 0.252. The summed E-state index contributed by atoms with van der Waals surface area (Å²) < 4.78 is 0. The van der Waals surface area contributed by atoms with Crippen LogP contribution in [-0.2, 0) is 4.79 Å². The molecule has 0 saturated carbocycles. The fraction of sp³-hybridized carbons (Fsp3) is 0.0714. The number of nitrogens with one attached hydrogen (secondary N) is 1. The van der Waals surface area contributed by atoms with Crippen molar-refractivity contribution in [1.29, 1.82) is 0 Å². The molecule has 1 aromatic carbocycles. The third kappa shape index (κ3) is 2.13. The number of aryl methyl sites for hydroxylation is 1. The lowest BCUT2D eigenvalue weighted by molar-refractivity contribution is -0.133. The molecule has 0 spiro atoms. The number of aliphatic carboxylic acids is 1. The summed E-state index contributed by atoms with van der Waals surface area (Å²) in [6.07, 6.45) is 1.62. The fourth-order valence-electron chi connectivity index (χ4n) is 1.68. The summed E-state index contributed by atoms with van der Waals surface area (Å²) in [5, 5.41) is 21.3. The maximum Gasteiger partial charge on any atom is 0.356 e.